The van der Waals surface area contributed by atoms with Crippen LogP contribution in [0.25, 0.3) is 0 Å². The van der Waals surface area contributed by atoms with Gasteiger partial charge in [-0.05, 0) is 50.8 Å². The highest BCUT2D eigenvalue weighted by Crippen LogP contribution is 2.33. The van der Waals surface area contributed by atoms with E-state index < -0.39 is 10.0 Å². The summed E-state index contributed by atoms with van der Waals surface area (Å²) in [6.45, 7) is 4.58. The molecule has 0 aromatic heterocycles. The van der Waals surface area contributed by atoms with Gasteiger partial charge in [-0.3, -0.25) is 0 Å². The summed E-state index contributed by atoms with van der Waals surface area (Å²) in [5.74, 6) is 0.547. The SMILES string of the molecule is CC1(C)CCCN1S(=O)(=O)c1ccc(CCCl)cc1. The highest BCUT2D eigenvalue weighted by molar-refractivity contribution is 7.89. The molecular formula is C14H20ClNO2S. The molecule has 1 aliphatic heterocycles. The van der Waals surface area contributed by atoms with Crippen LogP contribution in [0, 0.1) is 0 Å². The molecule has 3 nitrogen and oxygen atoms in total. The molecule has 0 amide bonds. The van der Waals surface area contributed by atoms with Crippen LogP contribution in [0.5, 0.6) is 0 Å². The van der Waals surface area contributed by atoms with Crippen molar-refractivity contribution in [3.05, 3.63) is 29.8 Å². The highest BCUT2D eigenvalue weighted by atomic mass is 35.5. The second kappa shape index (κ2) is 5.43. The van der Waals surface area contributed by atoms with Crippen molar-refractivity contribution in [1.82, 2.24) is 4.31 Å². The van der Waals surface area contributed by atoms with E-state index in [1.54, 1.807) is 16.4 Å². The number of benzene rings is 1. The maximum Gasteiger partial charge on any atom is 0.243 e. The van der Waals surface area contributed by atoms with Crippen molar-refractivity contribution in [3.63, 3.8) is 0 Å². The quantitative estimate of drug-likeness (QED) is 0.802. The third-order valence-corrected chi connectivity index (χ3v) is 6.03. The Morgan fingerprint density at radius 1 is 1.26 bits per heavy atom. The summed E-state index contributed by atoms with van der Waals surface area (Å²) >= 11 is 5.68. The van der Waals surface area contributed by atoms with E-state index in [0.717, 1.165) is 24.8 Å². The molecule has 1 heterocycles. The summed E-state index contributed by atoms with van der Waals surface area (Å²) in [5.41, 5.74) is 0.780. The molecule has 0 saturated carbocycles. The van der Waals surface area contributed by atoms with E-state index in [1.165, 1.54) is 0 Å². The molecule has 1 saturated heterocycles. The van der Waals surface area contributed by atoms with Gasteiger partial charge in [-0.15, -0.1) is 11.6 Å². The third kappa shape index (κ3) is 2.96. The van der Waals surface area contributed by atoms with Crippen molar-refractivity contribution in [2.45, 2.75) is 43.5 Å². The van der Waals surface area contributed by atoms with E-state index in [1.807, 2.05) is 26.0 Å². The fourth-order valence-electron chi connectivity index (χ4n) is 2.59. The van der Waals surface area contributed by atoms with Crippen LogP contribution in [0.2, 0.25) is 0 Å². The summed E-state index contributed by atoms with van der Waals surface area (Å²) < 4.78 is 26.9. The minimum absolute atomic E-state index is 0.284. The molecule has 106 valence electrons. The number of sulfonamides is 1. The standard InChI is InChI=1S/C14H20ClNO2S/c1-14(2)9-3-11-16(14)19(17,18)13-6-4-12(5-7-13)8-10-15/h4-7H,3,8-11H2,1-2H3. The Morgan fingerprint density at radius 2 is 1.89 bits per heavy atom. The summed E-state index contributed by atoms with van der Waals surface area (Å²) in [6, 6.07) is 7.06. The first-order valence-corrected chi connectivity index (χ1v) is 8.53. The minimum atomic E-state index is -3.38. The van der Waals surface area contributed by atoms with Crippen LogP contribution in [0.15, 0.2) is 29.2 Å². The first-order chi connectivity index (χ1) is 8.88. The van der Waals surface area contributed by atoms with E-state index in [-0.39, 0.29) is 5.54 Å². The van der Waals surface area contributed by atoms with Gasteiger partial charge in [0.05, 0.1) is 4.90 Å². The maximum atomic E-state index is 12.6. The molecule has 1 aromatic rings. The Hall–Kier alpha value is -0.580. The Bertz CT molecular complexity index is 537. The second-order valence-electron chi connectivity index (χ2n) is 5.58. The smallest absolute Gasteiger partial charge is 0.207 e. The van der Waals surface area contributed by atoms with E-state index >= 15 is 0 Å². The van der Waals surface area contributed by atoms with E-state index in [2.05, 4.69) is 0 Å². The van der Waals surface area contributed by atoms with Crippen LogP contribution in [0.4, 0.5) is 0 Å². The number of hydrogen-bond acceptors (Lipinski definition) is 2. The van der Waals surface area contributed by atoms with Crippen molar-refractivity contribution in [3.8, 4) is 0 Å². The fraction of sp³-hybridized carbons (Fsp3) is 0.571. The van der Waals surface area contributed by atoms with Gasteiger partial charge in [0.1, 0.15) is 0 Å². The number of rotatable bonds is 4. The zero-order valence-electron chi connectivity index (χ0n) is 11.4. The summed E-state index contributed by atoms with van der Waals surface area (Å²) in [5, 5.41) is 0. The van der Waals surface area contributed by atoms with E-state index in [4.69, 9.17) is 11.6 Å². The number of aryl methyl sites for hydroxylation is 1. The molecule has 1 fully saturated rings. The van der Waals surface area contributed by atoms with Gasteiger partial charge in [0.25, 0.3) is 0 Å². The van der Waals surface area contributed by atoms with Crippen LogP contribution >= 0.6 is 11.6 Å². The monoisotopic (exact) mass is 301 g/mol. The molecule has 1 aromatic carbocycles. The van der Waals surface area contributed by atoms with Gasteiger partial charge >= 0.3 is 0 Å². The number of alkyl halides is 1. The molecule has 0 spiro atoms. The zero-order chi connectivity index (χ0) is 14.1. The third-order valence-electron chi connectivity index (χ3n) is 3.72. The average Bonchev–Trinajstić information content (AvgIpc) is 2.71. The molecule has 5 heteroatoms. The van der Waals surface area contributed by atoms with Crippen LogP contribution in [0.1, 0.15) is 32.3 Å². The molecule has 19 heavy (non-hydrogen) atoms. The van der Waals surface area contributed by atoms with Gasteiger partial charge in [-0.2, -0.15) is 4.31 Å². The van der Waals surface area contributed by atoms with Crippen molar-refractivity contribution >= 4 is 21.6 Å². The van der Waals surface area contributed by atoms with Gasteiger partial charge in [0.15, 0.2) is 0 Å². The lowest BCUT2D eigenvalue weighted by molar-refractivity contribution is 0.291. The largest absolute Gasteiger partial charge is 0.243 e. The molecule has 0 bridgehead atoms. The lowest BCUT2D eigenvalue weighted by Gasteiger charge is -2.30. The Balaban J connectivity index is 2.29. The van der Waals surface area contributed by atoms with Crippen molar-refractivity contribution in [2.75, 3.05) is 12.4 Å². The van der Waals surface area contributed by atoms with Gasteiger partial charge in [-0.1, -0.05) is 12.1 Å². The molecule has 0 unspecified atom stereocenters. The normalized spacial score (nSPS) is 19.7. The van der Waals surface area contributed by atoms with Crippen LogP contribution in [-0.4, -0.2) is 30.7 Å². The topological polar surface area (TPSA) is 37.4 Å². The lowest BCUT2D eigenvalue weighted by Crippen LogP contribution is -2.42. The van der Waals surface area contributed by atoms with Gasteiger partial charge in [-0.25, -0.2) is 8.42 Å². The highest BCUT2D eigenvalue weighted by Gasteiger charge is 2.40. The summed E-state index contributed by atoms with van der Waals surface area (Å²) in [4.78, 5) is 0.376. The van der Waals surface area contributed by atoms with Crippen LogP contribution < -0.4 is 0 Å². The van der Waals surface area contributed by atoms with Crippen molar-refractivity contribution < 1.29 is 8.42 Å². The predicted molar refractivity (Wildman–Crippen MR) is 78.1 cm³/mol. The Labute approximate surface area is 120 Å². The Morgan fingerprint density at radius 3 is 2.37 bits per heavy atom. The zero-order valence-corrected chi connectivity index (χ0v) is 13.0. The van der Waals surface area contributed by atoms with Crippen molar-refractivity contribution in [2.24, 2.45) is 0 Å². The van der Waals surface area contributed by atoms with E-state index in [0.29, 0.717) is 17.3 Å². The lowest BCUT2D eigenvalue weighted by atomic mass is 10.0. The molecule has 0 aliphatic carbocycles. The molecular weight excluding hydrogens is 282 g/mol. The average molecular weight is 302 g/mol. The predicted octanol–water partition coefficient (Wildman–Crippen LogP) is 3.03. The number of nitrogens with zero attached hydrogens (tertiary/aromatic N) is 1. The first kappa shape index (κ1) is 14.8. The Kier molecular flexibility index (Phi) is 4.23. The maximum absolute atomic E-state index is 12.6. The summed E-state index contributed by atoms with van der Waals surface area (Å²) in [7, 11) is -3.38. The number of hydrogen-bond donors (Lipinski definition) is 0. The molecule has 1 aliphatic rings. The van der Waals surface area contributed by atoms with Crippen LogP contribution in [0.3, 0.4) is 0 Å². The minimum Gasteiger partial charge on any atom is -0.207 e. The molecule has 0 atom stereocenters. The van der Waals surface area contributed by atoms with E-state index in [9.17, 15) is 8.42 Å². The summed E-state index contributed by atoms with van der Waals surface area (Å²) in [6.07, 6.45) is 2.60. The van der Waals surface area contributed by atoms with Gasteiger partial charge in [0, 0.05) is 18.0 Å². The van der Waals surface area contributed by atoms with Crippen molar-refractivity contribution in [1.29, 1.82) is 0 Å². The van der Waals surface area contributed by atoms with Gasteiger partial charge < -0.3 is 0 Å². The first-order valence-electron chi connectivity index (χ1n) is 6.56. The second-order valence-corrected chi connectivity index (χ2v) is 7.82. The molecule has 2 rings (SSSR count). The fourth-order valence-corrected chi connectivity index (χ4v) is 4.66. The molecule has 0 N–H and O–H groups in total. The molecule has 0 radical (unpaired) electrons. The van der Waals surface area contributed by atoms with Crippen LogP contribution in [-0.2, 0) is 16.4 Å². The number of halogens is 1. The van der Waals surface area contributed by atoms with Gasteiger partial charge in [0.2, 0.25) is 10.0 Å².